The second-order valence-corrected chi connectivity index (χ2v) is 6.60. The molecule has 0 bridgehead atoms. The van der Waals surface area contributed by atoms with Crippen LogP contribution in [-0.2, 0) is 17.8 Å². The van der Waals surface area contributed by atoms with Crippen molar-refractivity contribution in [1.29, 1.82) is 0 Å². The maximum atomic E-state index is 11.4. The van der Waals surface area contributed by atoms with Crippen LogP contribution in [0.1, 0.15) is 30.5 Å². The van der Waals surface area contributed by atoms with Crippen LogP contribution in [0.4, 0.5) is 0 Å². The minimum absolute atomic E-state index is 0. The Bertz CT molecular complexity index is 887. The molecule has 0 aliphatic rings. The van der Waals surface area contributed by atoms with Crippen molar-refractivity contribution in [3.05, 3.63) is 70.8 Å². The summed E-state index contributed by atoms with van der Waals surface area (Å²) in [6.45, 7) is 4.39. The van der Waals surface area contributed by atoms with Gasteiger partial charge in [0.05, 0.1) is 14.2 Å². The molecule has 2 aromatic carbocycles. The van der Waals surface area contributed by atoms with Crippen molar-refractivity contribution in [3.8, 4) is 17.2 Å². The summed E-state index contributed by atoms with van der Waals surface area (Å²) >= 11 is 0. The summed E-state index contributed by atoms with van der Waals surface area (Å²) in [7, 11) is 3.24. The largest absolute Gasteiger partial charge is 1.00 e. The molecule has 0 fully saturated rings. The summed E-state index contributed by atoms with van der Waals surface area (Å²) in [6, 6.07) is 11.3. The van der Waals surface area contributed by atoms with E-state index in [1.807, 2.05) is 50.2 Å². The molecule has 0 aliphatic carbocycles. The van der Waals surface area contributed by atoms with E-state index in [2.05, 4.69) is 6.08 Å². The summed E-state index contributed by atoms with van der Waals surface area (Å²) in [4.78, 5) is 11.4. The fraction of sp³-hybridized carbons (Fsp3) is 0.261. The molecule has 0 unspecified atom stereocenters. The molecule has 0 heterocycles. The van der Waals surface area contributed by atoms with Gasteiger partial charge in [0.15, 0.2) is 0 Å². The fourth-order valence-electron chi connectivity index (χ4n) is 2.70. The molecular weight excluding hydrogens is 377 g/mol. The first-order valence-corrected chi connectivity index (χ1v) is 9.19. The molecule has 0 aromatic heterocycles. The second kappa shape index (κ2) is 12.8. The number of hydroxylamine groups is 1. The van der Waals surface area contributed by atoms with Crippen molar-refractivity contribution < 1.29 is 43.1 Å². The Morgan fingerprint density at radius 1 is 1.07 bits per heavy atom. The van der Waals surface area contributed by atoms with Crippen molar-refractivity contribution in [2.75, 3.05) is 14.2 Å². The average molecular weight is 404 g/mol. The Labute approximate surface area is 189 Å². The Morgan fingerprint density at radius 2 is 1.77 bits per heavy atom. The molecule has 2 N–H and O–H groups in total. The van der Waals surface area contributed by atoms with Crippen molar-refractivity contribution in [1.82, 2.24) is 5.48 Å². The van der Waals surface area contributed by atoms with Gasteiger partial charge in [-0.2, -0.15) is 0 Å². The van der Waals surface area contributed by atoms with E-state index in [-0.39, 0.29) is 18.9 Å². The predicted octanol–water partition coefficient (Wildman–Crippen LogP) is 1.31. The molecule has 0 radical (unpaired) electrons. The van der Waals surface area contributed by atoms with E-state index in [4.69, 9.17) is 19.4 Å². The average Bonchev–Trinajstić information content (AvgIpc) is 2.74. The molecule has 2 aromatic rings. The molecule has 0 saturated carbocycles. The van der Waals surface area contributed by atoms with Crippen LogP contribution >= 0.6 is 0 Å². The van der Waals surface area contributed by atoms with Gasteiger partial charge in [-0.05, 0) is 56.2 Å². The minimum atomic E-state index is -0.618. The van der Waals surface area contributed by atoms with Gasteiger partial charge in [0.25, 0.3) is 5.91 Å². The quantitative estimate of drug-likeness (QED) is 0.217. The van der Waals surface area contributed by atoms with E-state index in [0.717, 1.165) is 16.9 Å². The number of ether oxygens (including phenoxy) is 3. The topological polar surface area (TPSA) is 77.0 Å². The van der Waals surface area contributed by atoms with Crippen molar-refractivity contribution in [3.63, 3.8) is 0 Å². The molecular formula is C23H27LiNO5+. The summed E-state index contributed by atoms with van der Waals surface area (Å²) in [5.74, 6) is 1.49. The van der Waals surface area contributed by atoms with E-state index < -0.39 is 5.91 Å². The van der Waals surface area contributed by atoms with Gasteiger partial charge in [0.1, 0.15) is 23.9 Å². The SMILES string of the molecule is COc1ccc(COc2c(/C=C/C(=O)NO)ccc(OC)c2CC=C(C)C)cc1.[Li+]. The second-order valence-electron chi connectivity index (χ2n) is 6.60. The van der Waals surface area contributed by atoms with Gasteiger partial charge in [-0.3, -0.25) is 10.0 Å². The number of nitrogens with one attached hydrogen (secondary N) is 1. The van der Waals surface area contributed by atoms with Crippen LogP contribution < -0.4 is 38.6 Å². The van der Waals surface area contributed by atoms with Crippen LogP contribution in [0.3, 0.4) is 0 Å². The van der Waals surface area contributed by atoms with Gasteiger partial charge < -0.3 is 14.2 Å². The number of hydrogen-bond donors (Lipinski definition) is 2. The summed E-state index contributed by atoms with van der Waals surface area (Å²) in [5, 5.41) is 8.74. The monoisotopic (exact) mass is 404 g/mol. The first kappa shape index (κ1) is 25.4. The van der Waals surface area contributed by atoms with Gasteiger partial charge in [-0.1, -0.05) is 23.8 Å². The molecule has 6 nitrogen and oxygen atoms in total. The normalized spacial score (nSPS) is 10.2. The number of hydrogen-bond acceptors (Lipinski definition) is 5. The fourth-order valence-corrected chi connectivity index (χ4v) is 2.70. The third-order valence-electron chi connectivity index (χ3n) is 4.25. The van der Waals surface area contributed by atoms with Gasteiger partial charge in [-0.25, -0.2) is 5.48 Å². The molecule has 0 aliphatic heterocycles. The Hall–Kier alpha value is -2.65. The third-order valence-corrected chi connectivity index (χ3v) is 4.25. The third kappa shape index (κ3) is 7.31. The standard InChI is InChI=1S/C23H27NO5.Li/c1-16(2)5-12-20-21(28-4)13-8-18(9-14-22(25)24-26)23(20)29-15-17-6-10-19(27-3)11-7-17;/h5-11,13-14,26H,12,15H2,1-4H3,(H,24,25);/q;+1/b14-9+;. The molecule has 154 valence electrons. The van der Waals surface area contributed by atoms with Gasteiger partial charge in [0, 0.05) is 17.2 Å². The van der Waals surface area contributed by atoms with Gasteiger partial charge in [0.2, 0.25) is 0 Å². The molecule has 0 spiro atoms. The number of carbonyl (C=O) groups is 1. The first-order chi connectivity index (χ1) is 14.0. The van der Waals surface area contributed by atoms with Crippen LogP contribution in [0.5, 0.6) is 17.2 Å². The number of amides is 1. The molecule has 2 rings (SSSR count). The Kier molecular flexibility index (Phi) is 10.8. The smallest absolute Gasteiger partial charge is 0.497 e. The van der Waals surface area contributed by atoms with Crippen LogP contribution in [0, 0.1) is 0 Å². The molecule has 0 atom stereocenters. The van der Waals surface area contributed by atoms with E-state index in [0.29, 0.717) is 30.1 Å². The maximum Gasteiger partial charge on any atom is 1.00 e. The van der Waals surface area contributed by atoms with Gasteiger partial charge in [-0.15, -0.1) is 0 Å². The molecule has 1 amide bonds. The zero-order valence-electron chi connectivity index (χ0n) is 18.2. The zero-order chi connectivity index (χ0) is 21.2. The summed E-state index contributed by atoms with van der Waals surface area (Å²) < 4.78 is 16.9. The van der Waals surface area contributed by atoms with Crippen molar-refractivity contribution in [2.45, 2.75) is 26.9 Å². The number of rotatable bonds is 9. The van der Waals surface area contributed by atoms with Crippen LogP contribution in [0.2, 0.25) is 0 Å². The number of benzene rings is 2. The minimum Gasteiger partial charge on any atom is -0.497 e. The van der Waals surface area contributed by atoms with E-state index >= 15 is 0 Å². The van der Waals surface area contributed by atoms with Crippen molar-refractivity contribution >= 4 is 12.0 Å². The van der Waals surface area contributed by atoms with Crippen molar-refractivity contribution in [2.24, 2.45) is 0 Å². The molecule has 7 heteroatoms. The predicted molar refractivity (Wildman–Crippen MR) is 112 cm³/mol. The number of carbonyl (C=O) groups excluding carboxylic acids is 1. The van der Waals surface area contributed by atoms with Crippen LogP contribution in [0.25, 0.3) is 6.08 Å². The first-order valence-electron chi connectivity index (χ1n) is 9.19. The van der Waals surface area contributed by atoms with E-state index in [1.54, 1.807) is 25.8 Å². The summed E-state index contributed by atoms with van der Waals surface area (Å²) in [6.07, 6.45) is 5.55. The number of allylic oxidation sites excluding steroid dienone is 2. The zero-order valence-corrected chi connectivity index (χ0v) is 18.2. The summed E-state index contributed by atoms with van der Waals surface area (Å²) in [5.41, 5.74) is 5.33. The van der Waals surface area contributed by atoms with Crippen LogP contribution in [-0.4, -0.2) is 25.3 Å². The Morgan fingerprint density at radius 3 is 2.33 bits per heavy atom. The van der Waals surface area contributed by atoms with E-state index in [1.165, 1.54) is 11.6 Å². The van der Waals surface area contributed by atoms with Crippen LogP contribution in [0.15, 0.2) is 54.1 Å². The number of methoxy groups -OCH3 is 2. The molecule has 30 heavy (non-hydrogen) atoms. The van der Waals surface area contributed by atoms with Gasteiger partial charge >= 0.3 is 18.9 Å². The maximum absolute atomic E-state index is 11.4. The molecule has 0 saturated heterocycles. The Balaban J connectivity index is 0.00000450. The van der Waals surface area contributed by atoms with E-state index in [9.17, 15) is 4.79 Å².